The lowest BCUT2D eigenvalue weighted by Crippen LogP contribution is -2.46. The summed E-state index contributed by atoms with van der Waals surface area (Å²) in [5, 5.41) is 0. The summed E-state index contributed by atoms with van der Waals surface area (Å²) >= 11 is 0. The molecule has 0 saturated carbocycles. The molecule has 1 aromatic heterocycles. The molecule has 23 heavy (non-hydrogen) atoms. The number of aromatic nitrogens is 1. The number of pyridine rings is 1. The Balaban J connectivity index is 1.65. The zero-order valence-corrected chi connectivity index (χ0v) is 13.1. The van der Waals surface area contributed by atoms with Gasteiger partial charge in [0.15, 0.2) is 0 Å². The van der Waals surface area contributed by atoms with E-state index in [0.29, 0.717) is 25.3 Å². The van der Waals surface area contributed by atoms with Crippen LogP contribution < -0.4 is 4.74 Å². The highest BCUT2D eigenvalue weighted by atomic mass is 16.5. The summed E-state index contributed by atoms with van der Waals surface area (Å²) in [5.74, 6) is 0.846. The van der Waals surface area contributed by atoms with Crippen LogP contribution in [0.25, 0.3) is 0 Å². The largest absolute Gasteiger partial charge is 0.497 e. The maximum absolute atomic E-state index is 12.5. The molecule has 1 aliphatic rings. The number of benzene rings is 1. The van der Waals surface area contributed by atoms with E-state index in [1.54, 1.807) is 31.6 Å². The predicted octanol–water partition coefficient (Wildman–Crippen LogP) is 2.17. The lowest BCUT2D eigenvalue weighted by molar-refractivity contribution is -0.0208. The summed E-state index contributed by atoms with van der Waals surface area (Å²) < 4.78 is 11.1. The molecule has 1 aromatic carbocycles. The van der Waals surface area contributed by atoms with Crippen molar-refractivity contribution in [3.63, 3.8) is 0 Å². The maximum atomic E-state index is 12.5. The molecule has 2 heterocycles. The highest BCUT2D eigenvalue weighted by molar-refractivity contribution is 5.93. The quantitative estimate of drug-likeness (QED) is 0.868. The van der Waals surface area contributed by atoms with Crippen LogP contribution in [0.1, 0.15) is 15.9 Å². The molecule has 5 heteroatoms. The molecule has 1 aliphatic heterocycles. The highest BCUT2D eigenvalue weighted by Crippen LogP contribution is 2.18. The fourth-order valence-corrected chi connectivity index (χ4v) is 2.76. The van der Waals surface area contributed by atoms with Crippen molar-refractivity contribution in [2.75, 3.05) is 26.8 Å². The fraction of sp³-hybridized carbons (Fsp3) is 0.333. The molecule has 1 amide bonds. The van der Waals surface area contributed by atoms with Crippen molar-refractivity contribution in [3.8, 4) is 5.75 Å². The van der Waals surface area contributed by atoms with Crippen molar-refractivity contribution in [3.05, 3.63) is 59.9 Å². The Labute approximate surface area is 135 Å². The number of morpholine rings is 1. The van der Waals surface area contributed by atoms with Crippen LogP contribution in [0.5, 0.6) is 5.75 Å². The average Bonchev–Trinajstić information content (AvgIpc) is 2.62. The molecule has 0 aliphatic carbocycles. The molecule has 0 bridgehead atoms. The molecule has 5 nitrogen and oxygen atoms in total. The molecule has 0 spiro atoms. The molecule has 0 radical (unpaired) electrons. The third-order valence-corrected chi connectivity index (χ3v) is 3.93. The smallest absolute Gasteiger partial charge is 0.255 e. The lowest BCUT2D eigenvalue weighted by Gasteiger charge is -2.33. The second-order valence-electron chi connectivity index (χ2n) is 5.54. The molecule has 0 unspecified atom stereocenters. The highest BCUT2D eigenvalue weighted by Gasteiger charge is 2.25. The van der Waals surface area contributed by atoms with Crippen LogP contribution in [0.15, 0.2) is 48.8 Å². The predicted molar refractivity (Wildman–Crippen MR) is 86.6 cm³/mol. The van der Waals surface area contributed by atoms with Crippen LogP contribution in [0.3, 0.4) is 0 Å². The van der Waals surface area contributed by atoms with Gasteiger partial charge < -0.3 is 14.4 Å². The van der Waals surface area contributed by atoms with Gasteiger partial charge in [-0.25, -0.2) is 0 Å². The Hall–Kier alpha value is -2.40. The molecule has 1 atom stereocenters. The van der Waals surface area contributed by atoms with Gasteiger partial charge >= 0.3 is 0 Å². The van der Waals surface area contributed by atoms with Gasteiger partial charge in [0.1, 0.15) is 5.75 Å². The normalized spacial score (nSPS) is 17.8. The number of hydrogen-bond donors (Lipinski definition) is 0. The van der Waals surface area contributed by atoms with Crippen molar-refractivity contribution in [1.82, 2.24) is 9.88 Å². The Kier molecular flexibility index (Phi) is 4.88. The molecule has 2 aromatic rings. The SMILES string of the molecule is COc1cccc(C[C@@H]2CN(C(=O)c3cccnc3)CCO2)c1. The van der Waals surface area contributed by atoms with Crippen LogP contribution >= 0.6 is 0 Å². The summed E-state index contributed by atoms with van der Waals surface area (Å²) in [5.41, 5.74) is 1.76. The zero-order chi connectivity index (χ0) is 16.1. The monoisotopic (exact) mass is 312 g/mol. The van der Waals surface area contributed by atoms with Crippen molar-refractivity contribution >= 4 is 5.91 Å². The van der Waals surface area contributed by atoms with E-state index < -0.39 is 0 Å². The molecule has 3 rings (SSSR count). The second-order valence-corrected chi connectivity index (χ2v) is 5.54. The van der Waals surface area contributed by atoms with E-state index in [1.807, 2.05) is 29.2 Å². The molecule has 1 fully saturated rings. The van der Waals surface area contributed by atoms with Crippen molar-refractivity contribution in [2.45, 2.75) is 12.5 Å². The number of carbonyl (C=O) groups is 1. The van der Waals surface area contributed by atoms with Gasteiger partial charge in [0, 0.05) is 31.9 Å². The van der Waals surface area contributed by atoms with Gasteiger partial charge in [-0.3, -0.25) is 9.78 Å². The van der Waals surface area contributed by atoms with Crippen molar-refractivity contribution in [2.24, 2.45) is 0 Å². The molecule has 120 valence electrons. The summed E-state index contributed by atoms with van der Waals surface area (Å²) in [6, 6.07) is 11.5. The third-order valence-electron chi connectivity index (χ3n) is 3.93. The van der Waals surface area contributed by atoms with Gasteiger partial charge in [0.05, 0.1) is 25.4 Å². The number of amides is 1. The number of methoxy groups -OCH3 is 1. The van der Waals surface area contributed by atoms with Crippen molar-refractivity contribution in [1.29, 1.82) is 0 Å². The first-order valence-electron chi connectivity index (χ1n) is 7.70. The van der Waals surface area contributed by atoms with E-state index in [0.717, 1.165) is 17.7 Å². The van der Waals surface area contributed by atoms with Crippen LogP contribution in [0, 0.1) is 0 Å². The third kappa shape index (κ3) is 3.87. The van der Waals surface area contributed by atoms with Gasteiger partial charge in [-0.1, -0.05) is 12.1 Å². The minimum atomic E-state index is -0.00326. The van der Waals surface area contributed by atoms with Gasteiger partial charge in [-0.15, -0.1) is 0 Å². The number of nitrogens with zero attached hydrogens (tertiary/aromatic N) is 2. The van der Waals surface area contributed by atoms with Crippen molar-refractivity contribution < 1.29 is 14.3 Å². The van der Waals surface area contributed by atoms with Crippen LogP contribution in [-0.2, 0) is 11.2 Å². The Morgan fingerprint density at radius 3 is 3.09 bits per heavy atom. The molecule has 0 N–H and O–H groups in total. The summed E-state index contributed by atoms with van der Waals surface area (Å²) in [4.78, 5) is 18.4. The van der Waals surface area contributed by atoms with E-state index >= 15 is 0 Å². The van der Waals surface area contributed by atoms with E-state index in [4.69, 9.17) is 9.47 Å². The summed E-state index contributed by atoms with van der Waals surface area (Å²) in [6.07, 6.45) is 4.03. The van der Waals surface area contributed by atoms with E-state index in [2.05, 4.69) is 4.98 Å². The van der Waals surface area contributed by atoms with E-state index in [1.165, 1.54) is 0 Å². The van der Waals surface area contributed by atoms with Crippen LogP contribution in [0.2, 0.25) is 0 Å². The maximum Gasteiger partial charge on any atom is 0.255 e. The first-order valence-corrected chi connectivity index (χ1v) is 7.70. The minimum absolute atomic E-state index is 0.00326. The number of hydrogen-bond acceptors (Lipinski definition) is 4. The van der Waals surface area contributed by atoms with Gasteiger partial charge in [0.2, 0.25) is 0 Å². The first kappa shape index (κ1) is 15.5. The number of carbonyl (C=O) groups excluding carboxylic acids is 1. The Morgan fingerprint density at radius 2 is 2.30 bits per heavy atom. The molecular weight excluding hydrogens is 292 g/mol. The zero-order valence-electron chi connectivity index (χ0n) is 13.1. The fourth-order valence-electron chi connectivity index (χ4n) is 2.76. The summed E-state index contributed by atoms with van der Waals surface area (Å²) in [7, 11) is 1.66. The topological polar surface area (TPSA) is 51.7 Å². The number of rotatable bonds is 4. The average molecular weight is 312 g/mol. The lowest BCUT2D eigenvalue weighted by atomic mass is 10.1. The Bertz CT molecular complexity index is 660. The summed E-state index contributed by atoms with van der Waals surface area (Å²) in [6.45, 7) is 1.76. The molecular formula is C18H20N2O3. The first-order chi connectivity index (χ1) is 11.3. The van der Waals surface area contributed by atoms with E-state index in [9.17, 15) is 4.79 Å². The minimum Gasteiger partial charge on any atom is -0.497 e. The second kappa shape index (κ2) is 7.24. The molecule has 1 saturated heterocycles. The Morgan fingerprint density at radius 1 is 1.39 bits per heavy atom. The van der Waals surface area contributed by atoms with Crippen LogP contribution in [0.4, 0.5) is 0 Å². The standard InChI is InChI=1S/C18H20N2O3/c1-22-16-6-2-4-14(10-16)11-17-13-20(8-9-23-17)18(21)15-5-3-7-19-12-15/h2-7,10,12,17H,8-9,11,13H2,1H3/t17-/m1/s1. The van der Waals surface area contributed by atoms with Crippen LogP contribution in [-0.4, -0.2) is 48.7 Å². The van der Waals surface area contributed by atoms with Gasteiger partial charge in [-0.2, -0.15) is 0 Å². The number of ether oxygens (including phenoxy) is 2. The van der Waals surface area contributed by atoms with Gasteiger partial charge in [0.25, 0.3) is 5.91 Å². The van der Waals surface area contributed by atoms with Gasteiger partial charge in [-0.05, 0) is 29.8 Å². The van der Waals surface area contributed by atoms with E-state index in [-0.39, 0.29) is 12.0 Å².